The molecule has 7 nitrogen and oxygen atoms in total. The van der Waals surface area contributed by atoms with Crippen molar-refractivity contribution in [1.82, 2.24) is 10.2 Å². The Morgan fingerprint density at radius 1 is 1.35 bits per heavy atom. The highest BCUT2D eigenvalue weighted by atomic mass is 32.2. The summed E-state index contributed by atoms with van der Waals surface area (Å²) in [7, 11) is -3.01. The van der Waals surface area contributed by atoms with Crippen LogP contribution in [-0.4, -0.2) is 80.1 Å². The fraction of sp³-hybridized carbons (Fsp3) is 0.923. The zero-order chi connectivity index (χ0) is 17.8. The van der Waals surface area contributed by atoms with Crippen molar-refractivity contribution in [2.45, 2.75) is 31.9 Å². The second-order valence-electron chi connectivity index (χ2n) is 6.14. The maximum atomic E-state index is 13.9. The van der Waals surface area contributed by atoms with Gasteiger partial charge in [-0.15, -0.1) is 0 Å². The lowest BCUT2D eigenvalue weighted by Gasteiger charge is -2.29. The Hall–Kier alpha value is -0.840. The number of aliphatic hydroxyl groups is 1. The average molecular weight is 357 g/mol. The third kappa shape index (κ3) is 5.63. The number of nitrogens with one attached hydrogen (secondary N) is 1. The summed E-state index contributed by atoms with van der Waals surface area (Å²) in [4.78, 5) is 13.4. The normalized spacial score (nSPS) is 21.9. The standard InChI is InChI=1S/C13H25F2N3O4S/c1-9(2)10(16)11(19)13(14,15)12(20)17-3-4-18-5-7-23(21,22)8-6-18/h9-11,19H,3-8,16H2,1-2H3,(H,17,20)/t10-,11+/m0/s1. The molecule has 1 fully saturated rings. The van der Waals surface area contributed by atoms with Crippen LogP contribution in [0.4, 0.5) is 8.78 Å². The molecule has 0 aromatic rings. The summed E-state index contributed by atoms with van der Waals surface area (Å²) in [6.07, 6.45) is -2.26. The van der Waals surface area contributed by atoms with E-state index in [1.165, 1.54) is 0 Å². The minimum atomic E-state index is -3.98. The van der Waals surface area contributed by atoms with Gasteiger partial charge in [0.15, 0.2) is 9.84 Å². The lowest BCUT2D eigenvalue weighted by Crippen LogP contribution is -2.57. The van der Waals surface area contributed by atoms with Crippen LogP contribution in [0.15, 0.2) is 0 Å². The summed E-state index contributed by atoms with van der Waals surface area (Å²) < 4.78 is 50.2. The van der Waals surface area contributed by atoms with E-state index in [2.05, 4.69) is 5.32 Å². The van der Waals surface area contributed by atoms with Gasteiger partial charge in [0.1, 0.15) is 6.10 Å². The summed E-state index contributed by atoms with van der Waals surface area (Å²) in [5.41, 5.74) is 5.48. The Morgan fingerprint density at radius 2 is 1.87 bits per heavy atom. The lowest BCUT2D eigenvalue weighted by molar-refractivity contribution is -0.167. The summed E-state index contributed by atoms with van der Waals surface area (Å²) in [5, 5.41) is 11.6. The van der Waals surface area contributed by atoms with E-state index in [0.717, 1.165) is 0 Å². The molecule has 4 N–H and O–H groups in total. The number of hydrogen-bond donors (Lipinski definition) is 3. The summed E-state index contributed by atoms with van der Waals surface area (Å²) in [6.45, 7) is 3.99. The van der Waals surface area contributed by atoms with Crippen molar-refractivity contribution in [1.29, 1.82) is 0 Å². The van der Waals surface area contributed by atoms with E-state index in [9.17, 15) is 27.1 Å². The molecule has 23 heavy (non-hydrogen) atoms. The van der Waals surface area contributed by atoms with Gasteiger partial charge < -0.3 is 16.2 Å². The van der Waals surface area contributed by atoms with Gasteiger partial charge >= 0.3 is 5.92 Å². The van der Waals surface area contributed by atoms with Gasteiger partial charge in [-0.2, -0.15) is 8.78 Å². The first-order chi connectivity index (χ1) is 10.5. The molecule has 0 bridgehead atoms. The SMILES string of the molecule is CC(C)[C@H](N)[C@@H](O)C(F)(F)C(=O)NCCN1CCS(=O)(=O)CC1. The van der Waals surface area contributed by atoms with E-state index in [1.54, 1.807) is 18.7 Å². The number of nitrogens with two attached hydrogens (primary N) is 1. The van der Waals surface area contributed by atoms with Gasteiger partial charge in [0.05, 0.1) is 11.5 Å². The molecule has 1 amide bonds. The first kappa shape index (κ1) is 20.2. The third-order valence-corrected chi connectivity index (χ3v) is 5.57. The highest BCUT2D eigenvalue weighted by Gasteiger charge is 2.49. The largest absolute Gasteiger partial charge is 0.385 e. The molecule has 0 aliphatic carbocycles. The maximum Gasteiger partial charge on any atom is 0.351 e. The molecular formula is C13H25F2N3O4S. The lowest BCUT2D eigenvalue weighted by atomic mass is 9.95. The number of aliphatic hydroxyl groups excluding tert-OH is 1. The molecule has 0 unspecified atom stereocenters. The minimum absolute atomic E-state index is 0.0268. The van der Waals surface area contributed by atoms with Gasteiger partial charge in [0.2, 0.25) is 0 Å². The van der Waals surface area contributed by atoms with E-state index in [4.69, 9.17) is 5.73 Å². The molecule has 1 heterocycles. The van der Waals surface area contributed by atoms with E-state index in [1.807, 2.05) is 0 Å². The fourth-order valence-electron chi connectivity index (χ4n) is 2.16. The van der Waals surface area contributed by atoms with Gasteiger partial charge in [-0.05, 0) is 5.92 Å². The molecule has 0 aromatic carbocycles. The fourth-order valence-corrected chi connectivity index (χ4v) is 3.44. The average Bonchev–Trinajstić information content (AvgIpc) is 2.46. The molecule has 0 spiro atoms. The summed E-state index contributed by atoms with van der Waals surface area (Å²) in [6, 6.07) is -1.22. The van der Waals surface area contributed by atoms with Gasteiger partial charge in [-0.3, -0.25) is 9.69 Å². The highest BCUT2D eigenvalue weighted by molar-refractivity contribution is 7.91. The monoisotopic (exact) mass is 357 g/mol. The molecule has 1 aliphatic rings. The molecular weight excluding hydrogens is 332 g/mol. The van der Waals surface area contributed by atoms with Crippen LogP contribution in [-0.2, 0) is 14.6 Å². The molecule has 1 aliphatic heterocycles. The quantitative estimate of drug-likeness (QED) is 0.528. The van der Waals surface area contributed by atoms with Crippen molar-refractivity contribution >= 4 is 15.7 Å². The zero-order valence-corrected chi connectivity index (χ0v) is 14.2. The number of nitrogens with zero attached hydrogens (tertiary/aromatic N) is 1. The van der Waals surface area contributed by atoms with Crippen LogP contribution in [0.2, 0.25) is 0 Å². The van der Waals surface area contributed by atoms with E-state index in [0.29, 0.717) is 13.1 Å². The van der Waals surface area contributed by atoms with Crippen LogP contribution in [0, 0.1) is 5.92 Å². The molecule has 2 atom stereocenters. The first-order valence-corrected chi connectivity index (χ1v) is 9.32. The Balaban J connectivity index is 2.43. The van der Waals surface area contributed by atoms with Gasteiger partial charge in [-0.1, -0.05) is 13.8 Å². The smallest absolute Gasteiger partial charge is 0.351 e. The number of alkyl halides is 2. The Bertz CT molecular complexity index is 499. The number of carbonyl (C=O) groups excluding carboxylic acids is 1. The maximum absolute atomic E-state index is 13.9. The predicted octanol–water partition coefficient (Wildman–Crippen LogP) is -1.19. The van der Waals surface area contributed by atoms with E-state index in [-0.39, 0.29) is 24.6 Å². The number of carbonyl (C=O) groups is 1. The van der Waals surface area contributed by atoms with Crippen molar-refractivity contribution in [2.75, 3.05) is 37.7 Å². The number of sulfone groups is 1. The highest BCUT2D eigenvalue weighted by Crippen LogP contribution is 2.23. The van der Waals surface area contributed by atoms with Crippen LogP contribution in [0.3, 0.4) is 0 Å². The van der Waals surface area contributed by atoms with Crippen LogP contribution in [0.5, 0.6) is 0 Å². The van der Waals surface area contributed by atoms with Crippen LogP contribution in [0.1, 0.15) is 13.8 Å². The number of halogens is 2. The topological polar surface area (TPSA) is 113 Å². The molecule has 10 heteroatoms. The molecule has 0 aromatic heterocycles. The van der Waals surface area contributed by atoms with Crippen molar-refractivity contribution in [3.05, 3.63) is 0 Å². The van der Waals surface area contributed by atoms with Gasteiger partial charge in [-0.25, -0.2) is 8.42 Å². The van der Waals surface area contributed by atoms with Crippen molar-refractivity contribution < 1.29 is 27.1 Å². The Labute approximate surface area is 135 Å². The van der Waals surface area contributed by atoms with Gasteiger partial charge in [0.25, 0.3) is 5.91 Å². The summed E-state index contributed by atoms with van der Waals surface area (Å²) >= 11 is 0. The first-order valence-electron chi connectivity index (χ1n) is 7.50. The second-order valence-corrected chi connectivity index (χ2v) is 8.44. The number of rotatable bonds is 7. The third-order valence-electron chi connectivity index (χ3n) is 3.96. The van der Waals surface area contributed by atoms with Crippen molar-refractivity contribution in [3.63, 3.8) is 0 Å². The van der Waals surface area contributed by atoms with Crippen LogP contribution in [0.25, 0.3) is 0 Å². The van der Waals surface area contributed by atoms with Crippen molar-refractivity contribution in [2.24, 2.45) is 11.7 Å². The van der Waals surface area contributed by atoms with E-state index >= 15 is 0 Å². The predicted molar refractivity (Wildman–Crippen MR) is 81.9 cm³/mol. The zero-order valence-electron chi connectivity index (χ0n) is 13.3. The van der Waals surface area contributed by atoms with Crippen molar-refractivity contribution in [3.8, 4) is 0 Å². The van der Waals surface area contributed by atoms with Crippen LogP contribution < -0.4 is 11.1 Å². The second kappa shape index (κ2) is 7.82. The number of amides is 1. The van der Waals surface area contributed by atoms with Crippen LogP contribution >= 0.6 is 0 Å². The minimum Gasteiger partial charge on any atom is -0.385 e. The number of hydrogen-bond acceptors (Lipinski definition) is 6. The molecule has 0 radical (unpaired) electrons. The molecule has 0 saturated carbocycles. The Morgan fingerprint density at radius 3 is 2.35 bits per heavy atom. The Kier molecular flexibility index (Phi) is 6.87. The molecule has 136 valence electrons. The van der Waals surface area contributed by atoms with Gasteiger partial charge in [0, 0.05) is 32.2 Å². The molecule has 1 rings (SSSR count). The molecule has 1 saturated heterocycles. The summed E-state index contributed by atoms with van der Waals surface area (Å²) in [5.74, 6) is -5.91. The van der Waals surface area contributed by atoms with E-state index < -0.39 is 39.7 Å².